The average molecular weight is 197 g/mol. The smallest absolute Gasteiger partial charge is 0.314 e. The van der Waals surface area contributed by atoms with Crippen LogP contribution < -0.4 is 5.32 Å². The molecule has 0 atom stereocenters. The lowest BCUT2D eigenvalue weighted by molar-refractivity contribution is -0.135. The number of carbonyl (C=O) groups excluding carboxylic acids is 3. The van der Waals surface area contributed by atoms with E-state index in [4.69, 9.17) is 0 Å². The second kappa shape index (κ2) is 5.16. The van der Waals surface area contributed by atoms with Crippen molar-refractivity contribution in [1.82, 2.24) is 5.32 Å². The van der Waals surface area contributed by atoms with Gasteiger partial charge in [-0.2, -0.15) is 0 Å². The van der Waals surface area contributed by atoms with Gasteiger partial charge in [0, 0.05) is 12.8 Å². The molecule has 0 aromatic carbocycles. The maximum atomic E-state index is 10.3. The highest BCUT2D eigenvalue weighted by atomic mass is 16.5. The summed E-state index contributed by atoms with van der Waals surface area (Å²) < 4.78 is 4.33. The van der Waals surface area contributed by atoms with E-state index in [0.717, 1.165) is 0 Å². The summed E-state index contributed by atoms with van der Waals surface area (Å²) in [4.78, 5) is 30.6. The summed E-state index contributed by atoms with van der Waals surface area (Å²) in [5, 5.41) is 2.20. The molecule has 2 amide bonds. The second-order valence-corrected chi connectivity index (χ2v) is 2.89. The average Bonchev–Trinajstić information content (AvgIpc) is 2.56. The van der Waals surface area contributed by atoms with Crippen LogP contribution in [0.25, 0.3) is 0 Å². The molecule has 0 aromatic rings. The number of carbonyl (C=O) groups is 3. The molecule has 0 aromatic heterocycles. The summed E-state index contributed by atoms with van der Waals surface area (Å²) in [5.74, 6) is -0.433. The van der Waals surface area contributed by atoms with Gasteiger partial charge in [-0.1, -0.05) is 0 Å². The molecular formula is C9H11NO4. The summed E-state index contributed by atoms with van der Waals surface area (Å²) in [7, 11) is 0. The molecule has 0 radical (unpaired) electrons. The molecule has 1 saturated heterocycles. The number of esters is 1. The van der Waals surface area contributed by atoms with Crippen LogP contribution in [0.3, 0.4) is 0 Å². The Morgan fingerprint density at radius 2 is 1.79 bits per heavy atom. The van der Waals surface area contributed by atoms with E-state index in [9.17, 15) is 14.4 Å². The molecule has 5 heteroatoms. The molecule has 1 fully saturated rings. The highest BCUT2D eigenvalue weighted by Gasteiger charge is 2.12. The maximum absolute atomic E-state index is 10.3. The molecule has 2 aliphatic heterocycles. The van der Waals surface area contributed by atoms with Gasteiger partial charge in [-0.15, -0.1) is 0 Å². The van der Waals surface area contributed by atoms with Gasteiger partial charge in [-0.25, -0.2) is 0 Å². The van der Waals surface area contributed by atoms with Gasteiger partial charge in [0.1, 0.15) is 0 Å². The first kappa shape index (κ1) is 10.4. The molecule has 14 heavy (non-hydrogen) atoms. The lowest BCUT2D eigenvalue weighted by Gasteiger charge is -2.07. The Labute approximate surface area is 81.1 Å². The zero-order valence-corrected chi connectivity index (χ0v) is 7.62. The van der Waals surface area contributed by atoms with E-state index < -0.39 is 0 Å². The third kappa shape index (κ3) is 3.84. The summed E-state index contributed by atoms with van der Waals surface area (Å²) >= 11 is 0. The zero-order chi connectivity index (χ0) is 10.4. The van der Waals surface area contributed by atoms with Crippen LogP contribution in [0.2, 0.25) is 0 Å². The third-order valence-corrected chi connectivity index (χ3v) is 1.67. The van der Waals surface area contributed by atoms with Gasteiger partial charge < -0.3 is 4.74 Å². The van der Waals surface area contributed by atoms with Gasteiger partial charge >= 0.3 is 5.97 Å². The third-order valence-electron chi connectivity index (χ3n) is 1.67. The first-order valence-electron chi connectivity index (χ1n) is 4.35. The molecule has 5 nitrogen and oxygen atoms in total. The molecule has 2 aliphatic rings. The van der Waals surface area contributed by atoms with E-state index in [1.807, 2.05) is 0 Å². The van der Waals surface area contributed by atoms with Crippen molar-refractivity contribution in [3.05, 3.63) is 12.3 Å². The topological polar surface area (TPSA) is 72.5 Å². The zero-order valence-electron chi connectivity index (χ0n) is 7.62. The highest BCUT2D eigenvalue weighted by Crippen LogP contribution is 2.00. The number of cyclic esters (lactones) is 1. The van der Waals surface area contributed by atoms with Crippen molar-refractivity contribution in [1.29, 1.82) is 0 Å². The molecule has 0 aliphatic carbocycles. The van der Waals surface area contributed by atoms with Crippen LogP contribution in [0.5, 0.6) is 0 Å². The fourth-order valence-corrected chi connectivity index (χ4v) is 1.01. The van der Waals surface area contributed by atoms with Crippen molar-refractivity contribution in [2.75, 3.05) is 0 Å². The molecule has 76 valence electrons. The lowest BCUT2D eigenvalue weighted by atomic mass is 10.1. The largest absolute Gasteiger partial charge is 0.435 e. The number of piperidine rings is 1. The number of hydrogen-bond donors (Lipinski definition) is 1. The fourth-order valence-electron chi connectivity index (χ4n) is 1.01. The number of hydrogen-bond acceptors (Lipinski definition) is 4. The van der Waals surface area contributed by atoms with E-state index in [1.165, 1.54) is 6.26 Å². The fraction of sp³-hybridized carbons (Fsp3) is 0.444. The molecular weight excluding hydrogens is 186 g/mol. The molecule has 2 rings (SSSR count). The van der Waals surface area contributed by atoms with Crippen molar-refractivity contribution in [2.24, 2.45) is 0 Å². The van der Waals surface area contributed by atoms with E-state index in [1.54, 1.807) is 6.08 Å². The highest BCUT2D eigenvalue weighted by molar-refractivity contribution is 5.97. The molecule has 0 saturated carbocycles. The van der Waals surface area contributed by atoms with Crippen molar-refractivity contribution in [3.63, 3.8) is 0 Å². The summed E-state index contributed by atoms with van der Waals surface area (Å²) in [6.45, 7) is 0. The first-order chi connectivity index (χ1) is 6.68. The van der Waals surface area contributed by atoms with Crippen molar-refractivity contribution < 1.29 is 19.1 Å². The van der Waals surface area contributed by atoms with Crippen LogP contribution in [0.4, 0.5) is 0 Å². The van der Waals surface area contributed by atoms with Crippen LogP contribution >= 0.6 is 0 Å². The summed E-state index contributed by atoms with van der Waals surface area (Å²) in [6, 6.07) is 0. The monoisotopic (exact) mass is 197 g/mol. The minimum Gasteiger partial charge on any atom is -0.435 e. The Hall–Kier alpha value is -1.65. The van der Waals surface area contributed by atoms with Crippen LogP contribution in [0.15, 0.2) is 12.3 Å². The van der Waals surface area contributed by atoms with Gasteiger partial charge in [-0.3, -0.25) is 19.7 Å². The second-order valence-electron chi connectivity index (χ2n) is 2.89. The van der Waals surface area contributed by atoms with Crippen LogP contribution in [-0.4, -0.2) is 17.8 Å². The van der Waals surface area contributed by atoms with Gasteiger partial charge in [0.25, 0.3) is 0 Å². The summed E-state index contributed by atoms with van der Waals surface area (Å²) in [5.41, 5.74) is 0. The van der Waals surface area contributed by atoms with Crippen LogP contribution in [-0.2, 0) is 19.1 Å². The maximum Gasteiger partial charge on any atom is 0.314 e. The predicted molar refractivity (Wildman–Crippen MR) is 46.8 cm³/mol. The standard InChI is InChI=1S/C5H7NO2.C4H4O2/c7-4-2-1-3-5(8)6-4;5-4-2-1-3-6-4/h1-3H2,(H,6,7,8);1,3H,2H2. The van der Waals surface area contributed by atoms with Gasteiger partial charge in [0.15, 0.2) is 0 Å². The van der Waals surface area contributed by atoms with Crippen molar-refractivity contribution in [3.8, 4) is 0 Å². The number of ether oxygens (including phenoxy) is 1. The quantitative estimate of drug-likeness (QED) is 0.446. The minimum atomic E-state index is -0.157. The van der Waals surface area contributed by atoms with Gasteiger partial charge in [-0.05, 0) is 12.5 Å². The number of amides is 2. The van der Waals surface area contributed by atoms with Crippen LogP contribution in [0, 0.1) is 0 Å². The molecule has 0 unspecified atom stereocenters. The van der Waals surface area contributed by atoms with Crippen LogP contribution in [0.1, 0.15) is 25.7 Å². The van der Waals surface area contributed by atoms with Crippen molar-refractivity contribution in [2.45, 2.75) is 25.7 Å². The Balaban J connectivity index is 0.000000146. The predicted octanol–water partition coefficient (Wildman–Crippen LogP) is 0.260. The molecule has 0 spiro atoms. The Bertz CT molecular complexity index is 259. The van der Waals surface area contributed by atoms with Crippen molar-refractivity contribution >= 4 is 17.8 Å². The SMILES string of the molecule is O=C1CC=CO1.O=C1CCCC(=O)N1. The van der Waals surface area contributed by atoms with E-state index in [-0.39, 0.29) is 17.8 Å². The van der Waals surface area contributed by atoms with Gasteiger partial charge in [0.05, 0.1) is 12.7 Å². The van der Waals surface area contributed by atoms with E-state index >= 15 is 0 Å². The normalized spacial score (nSPS) is 19.6. The number of imide groups is 1. The van der Waals surface area contributed by atoms with E-state index in [0.29, 0.717) is 25.7 Å². The Morgan fingerprint density at radius 1 is 1.14 bits per heavy atom. The Kier molecular flexibility index (Phi) is 3.84. The molecule has 2 heterocycles. The summed E-state index contributed by atoms with van der Waals surface area (Å²) in [6.07, 6.45) is 5.26. The number of rotatable bonds is 0. The molecule has 0 bridgehead atoms. The number of nitrogens with one attached hydrogen (secondary N) is 1. The minimum absolute atomic E-state index is 0.138. The van der Waals surface area contributed by atoms with Gasteiger partial charge in [0.2, 0.25) is 11.8 Å². The van der Waals surface area contributed by atoms with E-state index in [2.05, 4.69) is 10.1 Å². The Morgan fingerprint density at radius 3 is 2.00 bits per heavy atom. The first-order valence-corrected chi connectivity index (χ1v) is 4.35. The molecule has 1 N–H and O–H groups in total. The lowest BCUT2D eigenvalue weighted by Crippen LogP contribution is -2.33.